The first-order valence-electron chi connectivity index (χ1n) is 3.67. The number of aromatic nitrogens is 3. The molecule has 0 aliphatic heterocycles. The van der Waals surface area contributed by atoms with Crippen molar-refractivity contribution in [1.29, 1.82) is 0 Å². The fourth-order valence-corrected chi connectivity index (χ4v) is 0.968. The third kappa shape index (κ3) is 3.64. The van der Waals surface area contributed by atoms with Crippen LogP contribution in [0.15, 0.2) is 23.5 Å². The maximum Gasteiger partial charge on any atom is 0.0692 e. The zero-order valence-electron chi connectivity index (χ0n) is 6.70. The van der Waals surface area contributed by atoms with E-state index in [9.17, 15) is 0 Å². The minimum atomic E-state index is 0.786. The zero-order valence-corrected chi connectivity index (χ0v) is 8.29. The molecule has 4 nitrogen and oxygen atoms in total. The average Bonchev–Trinajstić information content (AvgIpc) is 2.49. The van der Waals surface area contributed by atoms with E-state index in [4.69, 9.17) is 0 Å². The second-order valence-corrected chi connectivity index (χ2v) is 3.48. The van der Waals surface area contributed by atoms with Gasteiger partial charge in [0.1, 0.15) is 0 Å². The molecular weight excluding hydrogens is 220 g/mol. The third-order valence-electron chi connectivity index (χ3n) is 1.31. The van der Waals surface area contributed by atoms with Crippen molar-refractivity contribution < 1.29 is 0 Å². The predicted molar refractivity (Wildman–Crippen MR) is 51.0 cm³/mol. The fourth-order valence-electron chi connectivity index (χ4n) is 0.770. The van der Waals surface area contributed by atoms with Crippen molar-refractivity contribution in [3.8, 4) is 0 Å². The van der Waals surface area contributed by atoms with Crippen LogP contribution in [0.2, 0.25) is 0 Å². The highest BCUT2D eigenvalue weighted by Gasteiger charge is 1.91. The van der Waals surface area contributed by atoms with E-state index in [0.717, 1.165) is 24.1 Å². The van der Waals surface area contributed by atoms with Gasteiger partial charge in [-0.15, -0.1) is 5.10 Å². The molecule has 0 fully saturated rings. The Bertz CT molecular complexity index is 232. The molecule has 5 heteroatoms. The Labute approximate surface area is 79.8 Å². The quantitative estimate of drug-likeness (QED) is 0.761. The van der Waals surface area contributed by atoms with Crippen LogP contribution in [0.4, 0.5) is 0 Å². The maximum absolute atomic E-state index is 3.83. The fraction of sp³-hybridized carbons (Fsp3) is 0.429. The van der Waals surface area contributed by atoms with E-state index in [-0.39, 0.29) is 0 Å². The molecule has 0 saturated heterocycles. The molecule has 66 valence electrons. The second-order valence-electron chi connectivity index (χ2n) is 2.36. The molecule has 1 heterocycles. The van der Waals surface area contributed by atoms with Crippen LogP contribution < -0.4 is 5.32 Å². The first kappa shape index (κ1) is 9.41. The Hall–Kier alpha value is -0.680. The molecule has 12 heavy (non-hydrogen) atoms. The predicted octanol–water partition coefficient (Wildman–Crippen LogP) is 0.776. The van der Waals surface area contributed by atoms with Gasteiger partial charge in [0, 0.05) is 23.8 Å². The van der Waals surface area contributed by atoms with Gasteiger partial charge in [-0.2, -0.15) is 0 Å². The highest BCUT2D eigenvalue weighted by molar-refractivity contribution is 9.11. The molecule has 0 atom stereocenters. The highest BCUT2D eigenvalue weighted by atomic mass is 79.9. The zero-order chi connectivity index (χ0) is 8.81. The van der Waals surface area contributed by atoms with Crippen LogP contribution in [0.3, 0.4) is 0 Å². The van der Waals surface area contributed by atoms with Gasteiger partial charge < -0.3 is 5.32 Å². The molecule has 1 aromatic rings. The van der Waals surface area contributed by atoms with Gasteiger partial charge in [-0.3, -0.25) is 4.68 Å². The second kappa shape index (κ2) is 5.05. The minimum Gasteiger partial charge on any atom is -0.310 e. The molecule has 1 N–H and O–H groups in total. The summed E-state index contributed by atoms with van der Waals surface area (Å²) >= 11 is 3.26. The summed E-state index contributed by atoms with van der Waals surface area (Å²) in [7, 11) is 0. The SMILES string of the molecule is C=C(Br)CNCCn1ccnn1. The normalized spacial score (nSPS) is 10.1. The molecule has 0 saturated carbocycles. The Balaban J connectivity index is 2.07. The van der Waals surface area contributed by atoms with Crippen molar-refractivity contribution in [2.24, 2.45) is 0 Å². The Morgan fingerprint density at radius 3 is 3.08 bits per heavy atom. The van der Waals surface area contributed by atoms with Crippen LogP contribution in [0.5, 0.6) is 0 Å². The molecule has 0 aliphatic carbocycles. The summed E-state index contributed by atoms with van der Waals surface area (Å²) in [5.41, 5.74) is 0. The lowest BCUT2D eigenvalue weighted by Gasteiger charge is -2.02. The third-order valence-corrected chi connectivity index (χ3v) is 1.59. The lowest BCUT2D eigenvalue weighted by atomic mass is 10.5. The maximum atomic E-state index is 3.83. The van der Waals surface area contributed by atoms with Gasteiger partial charge >= 0.3 is 0 Å². The molecule has 0 unspecified atom stereocenters. The number of hydrogen-bond donors (Lipinski definition) is 1. The average molecular weight is 231 g/mol. The van der Waals surface area contributed by atoms with Gasteiger partial charge in [0.05, 0.1) is 12.7 Å². The number of nitrogens with zero attached hydrogens (tertiary/aromatic N) is 3. The lowest BCUT2D eigenvalue weighted by Crippen LogP contribution is -2.21. The van der Waals surface area contributed by atoms with Crippen LogP contribution in [0.1, 0.15) is 0 Å². The van der Waals surface area contributed by atoms with Gasteiger partial charge in [0.15, 0.2) is 0 Å². The van der Waals surface area contributed by atoms with Crippen molar-refractivity contribution in [3.63, 3.8) is 0 Å². The van der Waals surface area contributed by atoms with Crippen molar-refractivity contribution in [2.75, 3.05) is 13.1 Å². The Morgan fingerprint density at radius 1 is 1.67 bits per heavy atom. The molecule has 0 aliphatic rings. The van der Waals surface area contributed by atoms with Gasteiger partial charge in [0.2, 0.25) is 0 Å². The van der Waals surface area contributed by atoms with E-state index >= 15 is 0 Å². The summed E-state index contributed by atoms with van der Waals surface area (Å²) in [5, 5.41) is 10.7. The largest absolute Gasteiger partial charge is 0.310 e. The summed E-state index contributed by atoms with van der Waals surface area (Å²) in [6.07, 6.45) is 3.51. The topological polar surface area (TPSA) is 42.7 Å². The molecular formula is C7H11BrN4. The molecule has 1 rings (SSSR count). The number of hydrogen-bond acceptors (Lipinski definition) is 3. The number of nitrogens with one attached hydrogen (secondary N) is 1. The van der Waals surface area contributed by atoms with E-state index in [1.54, 1.807) is 10.9 Å². The minimum absolute atomic E-state index is 0.786. The van der Waals surface area contributed by atoms with E-state index in [1.807, 2.05) is 6.20 Å². The van der Waals surface area contributed by atoms with Gasteiger partial charge in [-0.1, -0.05) is 27.7 Å². The highest BCUT2D eigenvalue weighted by Crippen LogP contribution is 1.95. The first-order valence-corrected chi connectivity index (χ1v) is 4.46. The molecule has 0 amide bonds. The summed E-state index contributed by atoms with van der Waals surface area (Å²) in [6, 6.07) is 0. The lowest BCUT2D eigenvalue weighted by molar-refractivity contribution is 0.555. The standard InChI is InChI=1S/C7H11BrN4/c1-7(8)6-9-2-4-12-5-3-10-11-12/h3,5,9H,1-2,4,6H2. The summed E-state index contributed by atoms with van der Waals surface area (Å²) in [4.78, 5) is 0. The number of rotatable bonds is 5. The van der Waals surface area contributed by atoms with Crippen LogP contribution in [-0.4, -0.2) is 28.1 Å². The molecule has 0 radical (unpaired) electrons. The molecule has 1 aromatic heterocycles. The molecule has 0 bridgehead atoms. The van der Waals surface area contributed by atoms with E-state index < -0.39 is 0 Å². The van der Waals surface area contributed by atoms with E-state index in [0.29, 0.717) is 0 Å². The van der Waals surface area contributed by atoms with E-state index in [1.165, 1.54) is 0 Å². The van der Waals surface area contributed by atoms with Crippen molar-refractivity contribution in [3.05, 3.63) is 23.5 Å². The Morgan fingerprint density at radius 2 is 2.50 bits per heavy atom. The van der Waals surface area contributed by atoms with Crippen molar-refractivity contribution >= 4 is 15.9 Å². The van der Waals surface area contributed by atoms with Gasteiger partial charge in [-0.05, 0) is 0 Å². The monoisotopic (exact) mass is 230 g/mol. The smallest absolute Gasteiger partial charge is 0.0692 e. The van der Waals surface area contributed by atoms with Crippen LogP contribution in [0, 0.1) is 0 Å². The van der Waals surface area contributed by atoms with Crippen molar-refractivity contribution in [2.45, 2.75) is 6.54 Å². The van der Waals surface area contributed by atoms with Crippen molar-refractivity contribution in [1.82, 2.24) is 20.3 Å². The number of halogens is 1. The molecule has 0 spiro atoms. The van der Waals surface area contributed by atoms with Gasteiger partial charge in [0.25, 0.3) is 0 Å². The Kier molecular flexibility index (Phi) is 3.96. The van der Waals surface area contributed by atoms with E-state index in [2.05, 4.69) is 38.1 Å². The van der Waals surface area contributed by atoms with Crippen LogP contribution in [0.25, 0.3) is 0 Å². The summed E-state index contributed by atoms with van der Waals surface area (Å²) in [6.45, 7) is 6.20. The molecule has 0 aromatic carbocycles. The first-order chi connectivity index (χ1) is 5.79. The van der Waals surface area contributed by atoms with Crippen LogP contribution >= 0.6 is 15.9 Å². The summed E-state index contributed by atoms with van der Waals surface area (Å²) in [5.74, 6) is 0. The van der Waals surface area contributed by atoms with Gasteiger partial charge in [-0.25, -0.2) is 0 Å². The summed E-state index contributed by atoms with van der Waals surface area (Å²) < 4.78 is 2.74. The van der Waals surface area contributed by atoms with Crippen LogP contribution in [-0.2, 0) is 6.54 Å².